The molecule has 0 aromatic carbocycles. The predicted molar refractivity (Wildman–Crippen MR) is 77.5 cm³/mol. The van der Waals surface area contributed by atoms with E-state index in [2.05, 4.69) is 20.6 Å². The maximum Gasteiger partial charge on any atom is 0.241 e. The van der Waals surface area contributed by atoms with Crippen LogP contribution in [0.25, 0.3) is 0 Å². The minimum absolute atomic E-state index is 0.0287. The zero-order valence-corrected chi connectivity index (χ0v) is 12.0. The highest BCUT2D eigenvalue weighted by molar-refractivity contribution is 5.75. The van der Waals surface area contributed by atoms with Crippen LogP contribution in [0.15, 0.2) is 12.4 Å². The van der Waals surface area contributed by atoms with E-state index in [9.17, 15) is 4.79 Å². The lowest BCUT2D eigenvalue weighted by Crippen LogP contribution is -2.41. The van der Waals surface area contributed by atoms with Gasteiger partial charge in [0, 0.05) is 31.9 Å². The molecule has 20 heavy (non-hydrogen) atoms. The molecule has 2 aliphatic rings. The summed E-state index contributed by atoms with van der Waals surface area (Å²) < 4.78 is 1.68. The summed E-state index contributed by atoms with van der Waals surface area (Å²) in [4.78, 5) is 13.9. The molecule has 1 aromatic heterocycles. The Morgan fingerprint density at radius 3 is 3.15 bits per heavy atom. The molecular weight excluding hydrogens is 254 g/mol. The number of rotatable bonds is 4. The Kier molecular flexibility index (Phi) is 3.91. The fourth-order valence-corrected chi connectivity index (χ4v) is 3.38. The molecule has 2 N–H and O–H groups in total. The summed E-state index contributed by atoms with van der Waals surface area (Å²) in [5.41, 5.74) is 1.02. The number of carbonyl (C=O) groups excluding carboxylic acids is 1. The van der Waals surface area contributed by atoms with Crippen molar-refractivity contribution in [3.05, 3.63) is 12.4 Å². The molecule has 0 bridgehead atoms. The summed E-state index contributed by atoms with van der Waals surface area (Å²) in [7, 11) is 1.64. The summed E-state index contributed by atoms with van der Waals surface area (Å²) in [6.45, 7) is 2.73. The summed E-state index contributed by atoms with van der Waals surface area (Å²) >= 11 is 0. The number of aromatic nitrogens is 2. The van der Waals surface area contributed by atoms with Gasteiger partial charge in [0.05, 0.1) is 11.9 Å². The molecule has 6 heteroatoms. The molecule has 3 heterocycles. The van der Waals surface area contributed by atoms with E-state index in [0.717, 1.165) is 5.69 Å². The maximum absolute atomic E-state index is 11.3. The van der Waals surface area contributed by atoms with Crippen molar-refractivity contribution in [2.45, 2.75) is 44.3 Å². The number of anilines is 1. The van der Waals surface area contributed by atoms with Crippen molar-refractivity contribution in [1.82, 2.24) is 20.0 Å². The van der Waals surface area contributed by atoms with Crippen LogP contribution in [0.1, 0.15) is 25.7 Å². The normalized spacial score (nSPS) is 26.2. The van der Waals surface area contributed by atoms with E-state index in [1.165, 1.54) is 38.8 Å². The first-order valence-corrected chi connectivity index (χ1v) is 7.50. The van der Waals surface area contributed by atoms with Crippen molar-refractivity contribution in [2.24, 2.45) is 0 Å². The maximum atomic E-state index is 11.3. The van der Waals surface area contributed by atoms with Crippen LogP contribution in [-0.4, -0.2) is 52.8 Å². The van der Waals surface area contributed by atoms with Crippen LogP contribution < -0.4 is 10.6 Å². The molecule has 110 valence electrons. The van der Waals surface area contributed by atoms with Crippen molar-refractivity contribution < 1.29 is 4.79 Å². The van der Waals surface area contributed by atoms with E-state index in [4.69, 9.17) is 0 Å². The number of hydrogen-bond acceptors (Lipinski definition) is 4. The Labute approximate surface area is 119 Å². The SMILES string of the molecule is CNC(=O)Cn1cc(NC2CCN3CCCCC23)cn1. The third kappa shape index (κ3) is 2.80. The van der Waals surface area contributed by atoms with Gasteiger partial charge in [-0.1, -0.05) is 6.42 Å². The van der Waals surface area contributed by atoms with Crippen LogP contribution in [0.2, 0.25) is 0 Å². The molecule has 1 amide bonds. The minimum Gasteiger partial charge on any atom is -0.378 e. The molecule has 2 fully saturated rings. The molecule has 2 aliphatic heterocycles. The van der Waals surface area contributed by atoms with Crippen molar-refractivity contribution in [2.75, 3.05) is 25.5 Å². The predicted octanol–water partition coefficient (Wildman–Crippen LogP) is 0.668. The van der Waals surface area contributed by atoms with E-state index in [1.54, 1.807) is 11.7 Å². The van der Waals surface area contributed by atoms with Crippen LogP contribution in [0, 0.1) is 0 Å². The van der Waals surface area contributed by atoms with E-state index >= 15 is 0 Å². The Morgan fingerprint density at radius 1 is 1.40 bits per heavy atom. The van der Waals surface area contributed by atoms with Crippen LogP contribution in [-0.2, 0) is 11.3 Å². The highest BCUT2D eigenvalue weighted by Gasteiger charge is 2.35. The average Bonchev–Trinajstić information content (AvgIpc) is 3.07. The second kappa shape index (κ2) is 5.83. The summed E-state index contributed by atoms with van der Waals surface area (Å²) in [5.74, 6) is -0.0287. The Hall–Kier alpha value is -1.56. The number of amides is 1. The zero-order chi connectivity index (χ0) is 13.9. The van der Waals surface area contributed by atoms with Gasteiger partial charge in [-0.3, -0.25) is 14.4 Å². The van der Waals surface area contributed by atoms with Gasteiger partial charge in [0.15, 0.2) is 0 Å². The number of nitrogens with zero attached hydrogens (tertiary/aromatic N) is 3. The highest BCUT2D eigenvalue weighted by atomic mass is 16.1. The monoisotopic (exact) mass is 277 g/mol. The van der Waals surface area contributed by atoms with Crippen molar-refractivity contribution in [3.63, 3.8) is 0 Å². The summed E-state index contributed by atoms with van der Waals surface area (Å²) in [5, 5.41) is 10.4. The summed E-state index contributed by atoms with van der Waals surface area (Å²) in [6, 6.07) is 1.19. The molecule has 0 radical (unpaired) electrons. The fourth-order valence-electron chi connectivity index (χ4n) is 3.38. The molecular formula is C14H23N5O. The van der Waals surface area contributed by atoms with E-state index in [0.29, 0.717) is 12.1 Å². The number of fused-ring (bicyclic) bond motifs is 1. The second-order valence-electron chi connectivity index (χ2n) is 5.74. The standard InChI is InChI=1S/C14H23N5O/c1-15-14(20)10-19-9-11(8-16-19)17-12-5-7-18-6-3-2-4-13(12)18/h8-9,12-13,17H,2-7,10H2,1H3,(H,15,20). The number of piperidine rings is 1. The topological polar surface area (TPSA) is 62.2 Å². The lowest BCUT2D eigenvalue weighted by molar-refractivity contribution is -0.121. The van der Waals surface area contributed by atoms with Gasteiger partial charge in [0.1, 0.15) is 6.54 Å². The minimum atomic E-state index is -0.0287. The van der Waals surface area contributed by atoms with Crippen LogP contribution in [0.4, 0.5) is 5.69 Å². The van der Waals surface area contributed by atoms with Crippen LogP contribution in [0.5, 0.6) is 0 Å². The first kappa shape index (κ1) is 13.4. The Bertz CT molecular complexity index is 472. The molecule has 0 aliphatic carbocycles. The zero-order valence-electron chi connectivity index (χ0n) is 12.0. The highest BCUT2D eigenvalue weighted by Crippen LogP contribution is 2.29. The van der Waals surface area contributed by atoms with E-state index in [1.807, 2.05) is 12.4 Å². The van der Waals surface area contributed by atoms with Gasteiger partial charge in [-0.2, -0.15) is 5.10 Å². The Balaban J connectivity index is 1.59. The smallest absolute Gasteiger partial charge is 0.241 e. The third-order valence-electron chi connectivity index (χ3n) is 4.43. The van der Waals surface area contributed by atoms with Gasteiger partial charge in [-0.25, -0.2) is 0 Å². The molecule has 6 nitrogen and oxygen atoms in total. The largest absolute Gasteiger partial charge is 0.378 e. The van der Waals surface area contributed by atoms with Gasteiger partial charge < -0.3 is 10.6 Å². The second-order valence-corrected chi connectivity index (χ2v) is 5.74. The third-order valence-corrected chi connectivity index (χ3v) is 4.43. The van der Waals surface area contributed by atoms with Gasteiger partial charge in [0.25, 0.3) is 0 Å². The van der Waals surface area contributed by atoms with Gasteiger partial charge in [-0.15, -0.1) is 0 Å². The van der Waals surface area contributed by atoms with Crippen molar-refractivity contribution in [1.29, 1.82) is 0 Å². The first-order valence-electron chi connectivity index (χ1n) is 7.50. The average molecular weight is 277 g/mol. The quantitative estimate of drug-likeness (QED) is 0.849. The molecule has 2 atom stereocenters. The molecule has 1 aromatic rings. The van der Waals surface area contributed by atoms with Crippen LogP contribution in [0.3, 0.4) is 0 Å². The first-order chi connectivity index (χ1) is 9.76. The van der Waals surface area contributed by atoms with Gasteiger partial charge in [0.2, 0.25) is 5.91 Å². The number of hydrogen-bond donors (Lipinski definition) is 2. The molecule has 2 unspecified atom stereocenters. The number of likely N-dealkylation sites (N-methyl/N-ethyl adjacent to an activating group) is 1. The molecule has 0 spiro atoms. The molecule has 2 saturated heterocycles. The fraction of sp³-hybridized carbons (Fsp3) is 0.714. The van der Waals surface area contributed by atoms with E-state index in [-0.39, 0.29) is 12.5 Å². The number of nitrogens with one attached hydrogen (secondary N) is 2. The van der Waals surface area contributed by atoms with E-state index < -0.39 is 0 Å². The van der Waals surface area contributed by atoms with Crippen molar-refractivity contribution in [3.8, 4) is 0 Å². The lowest BCUT2D eigenvalue weighted by atomic mass is 9.99. The van der Waals surface area contributed by atoms with Crippen molar-refractivity contribution >= 4 is 11.6 Å². The Morgan fingerprint density at radius 2 is 2.30 bits per heavy atom. The van der Waals surface area contributed by atoms with Crippen LogP contribution >= 0.6 is 0 Å². The van der Waals surface area contributed by atoms with Gasteiger partial charge >= 0.3 is 0 Å². The summed E-state index contributed by atoms with van der Waals surface area (Å²) in [6.07, 6.45) is 8.91. The lowest BCUT2D eigenvalue weighted by Gasteiger charge is -2.32. The molecule has 3 rings (SSSR count). The van der Waals surface area contributed by atoms with Gasteiger partial charge in [-0.05, 0) is 25.8 Å². The number of carbonyl (C=O) groups is 1. The molecule has 0 saturated carbocycles.